The minimum absolute atomic E-state index is 0.409. The number of rotatable bonds is 1. The van der Waals surface area contributed by atoms with Crippen LogP contribution in [0.2, 0.25) is 0 Å². The monoisotopic (exact) mass is 476 g/mol. The fourth-order valence-corrected chi connectivity index (χ4v) is 7.27. The quantitative estimate of drug-likeness (QED) is 0.230. The molecule has 0 unspecified atom stereocenters. The van der Waals surface area contributed by atoms with Crippen LogP contribution < -0.4 is 4.74 Å². The molecule has 0 fully saturated rings. The lowest BCUT2D eigenvalue weighted by molar-refractivity contribution is 0.437. The highest BCUT2D eigenvalue weighted by molar-refractivity contribution is 5.90. The Morgan fingerprint density at radius 2 is 1.24 bits per heavy atom. The first kappa shape index (κ1) is 21.0. The smallest absolute Gasteiger partial charge is 0.140 e. The molecular formula is C36H28O. The van der Waals surface area contributed by atoms with Gasteiger partial charge in [0.05, 0.1) is 5.41 Å². The van der Waals surface area contributed by atoms with E-state index in [0.29, 0.717) is 0 Å². The summed E-state index contributed by atoms with van der Waals surface area (Å²) in [6, 6.07) is 38.3. The number of ether oxygens (including phenoxy) is 1. The van der Waals surface area contributed by atoms with Crippen LogP contribution in [0.25, 0.3) is 22.3 Å². The SMILES string of the molecule is Cc1ccc2c(c1-c1ccc3c(c1)CCCC3)Oc1ccccc1C21c2ccccc2-c2ccccc21. The molecule has 1 heteroatoms. The molecule has 1 aliphatic heterocycles. The second kappa shape index (κ2) is 7.70. The van der Waals surface area contributed by atoms with Crippen molar-refractivity contribution in [1.82, 2.24) is 0 Å². The van der Waals surface area contributed by atoms with E-state index in [2.05, 4.69) is 110 Å². The van der Waals surface area contributed by atoms with Gasteiger partial charge in [-0.1, -0.05) is 97.1 Å². The lowest BCUT2D eigenvalue weighted by Crippen LogP contribution is -2.32. The Labute approximate surface area is 218 Å². The number of fused-ring (bicyclic) bond motifs is 10. The first-order valence-corrected chi connectivity index (χ1v) is 13.5. The maximum Gasteiger partial charge on any atom is 0.140 e. The van der Waals surface area contributed by atoms with E-state index in [-0.39, 0.29) is 0 Å². The van der Waals surface area contributed by atoms with Gasteiger partial charge < -0.3 is 4.74 Å². The van der Waals surface area contributed by atoms with Crippen LogP contribution in [0.5, 0.6) is 11.5 Å². The summed E-state index contributed by atoms with van der Waals surface area (Å²) in [7, 11) is 0. The van der Waals surface area contributed by atoms with E-state index >= 15 is 0 Å². The van der Waals surface area contributed by atoms with Gasteiger partial charge in [0, 0.05) is 16.7 Å². The summed E-state index contributed by atoms with van der Waals surface area (Å²) in [5.41, 5.74) is 14.1. The fraction of sp³-hybridized carbons (Fsp3) is 0.167. The van der Waals surface area contributed by atoms with Crippen molar-refractivity contribution in [3.63, 3.8) is 0 Å². The summed E-state index contributed by atoms with van der Waals surface area (Å²) >= 11 is 0. The highest BCUT2D eigenvalue weighted by atomic mass is 16.5. The van der Waals surface area contributed by atoms with Gasteiger partial charge in [0.1, 0.15) is 11.5 Å². The number of hydrogen-bond donors (Lipinski definition) is 0. The van der Waals surface area contributed by atoms with Crippen molar-refractivity contribution in [2.45, 2.75) is 38.0 Å². The van der Waals surface area contributed by atoms with E-state index in [1.165, 1.54) is 86.9 Å². The highest BCUT2D eigenvalue weighted by Gasteiger charge is 2.51. The second-order valence-corrected chi connectivity index (χ2v) is 10.8. The second-order valence-electron chi connectivity index (χ2n) is 10.8. The Balaban J connectivity index is 1.49. The fourth-order valence-electron chi connectivity index (χ4n) is 7.27. The molecule has 0 saturated carbocycles. The van der Waals surface area contributed by atoms with E-state index in [1.54, 1.807) is 0 Å². The zero-order valence-electron chi connectivity index (χ0n) is 21.1. The van der Waals surface area contributed by atoms with Gasteiger partial charge in [-0.3, -0.25) is 0 Å². The molecule has 1 spiro atoms. The maximum atomic E-state index is 6.90. The summed E-state index contributed by atoms with van der Waals surface area (Å²) < 4.78 is 6.90. The van der Waals surface area contributed by atoms with Crippen LogP contribution in [-0.2, 0) is 18.3 Å². The van der Waals surface area contributed by atoms with Crippen LogP contribution in [0.4, 0.5) is 0 Å². The van der Waals surface area contributed by atoms with Crippen molar-refractivity contribution in [1.29, 1.82) is 0 Å². The van der Waals surface area contributed by atoms with Crippen molar-refractivity contribution >= 4 is 0 Å². The Bertz CT molecular complexity index is 1680. The van der Waals surface area contributed by atoms with Gasteiger partial charge in [0.25, 0.3) is 0 Å². The van der Waals surface area contributed by atoms with Crippen molar-refractivity contribution in [2.75, 3.05) is 0 Å². The molecule has 0 aromatic heterocycles. The molecule has 0 saturated heterocycles. The molecule has 0 bridgehead atoms. The van der Waals surface area contributed by atoms with Crippen LogP contribution in [0.15, 0.2) is 103 Å². The zero-order valence-corrected chi connectivity index (χ0v) is 21.1. The van der Waals surface area contributed by atoms with E-state index in [9.17, 15) is 0 Å². The molecule has 2 aliphatic carbocycles. The molecule has 3 aliphatic rings. The summed E-state index contributed by atoms with van der Waals surface area (Å²) in [5, 5.41) is 0. The van der Waals surface area contributed by atoms with Crippen molar-refractivity contribution in [3.8, 4) is 33.8 Å². The van der Waals surface area contributed by atoms with Gasteiger partial charge in [-0.15, -0.1) is 0 Å². The van der Waals surface area contributed by atoms with E-state index in [4.69, 9.17) is 4.74 Å². The van der Waals surface area contributed by atoms with Gasteiger partial charge in [-0.05, 0) is 83.2 Å². The molecule has 0 amide bonds. The van der Waals surface area contributed by atoms with E-state index < -0.39 is 5.41 Å². The topological polar surface area (TPSA) is 9.23 Å². The van der Waals surface area contributed by atoms with Crippen LogP contribution in [-0.4, -0.2) is 0 Å². The molecule has 5 aromatic rings. The number of hydrogen-bond acceptors (Lipinski definition) is 1. The minimum atomic E-state index is -0.409. The Morgan fingerprint density at radius 1 is 0.595 bits per heavy atom. The molecule has 178 valence electrons. The summed E-state index contributed by atoms with van der Waals surface area (Å²) in [6.45, 7) is 2.22. The predicted molar refractivity (Wildman–Crippen MR) is 151 cm³/mol. The number of benzene rings is 5. The molecule has 5 aromatic carbocycles. The molecule has 1 nitrogen and oxygen atoms in total. The first-order chi connectivity index (χ1) is 18.3. The zero-order chi connectivity index (χ0) is 24.6. The van der Waals surface area contributed by atoms with Crippen molar-refractivity contribution in [2.24, 2.45) is 0 Å². The largest absolute Gasteiger partial charge is 0.456 e. The average molecular weight is 477 g/mol. The lowest BCUT2D eigenvalue weighted by atomic mass is 9.65. The molecule has 8 rings (SSSR count). The Kier molecular flexibility index (Phi) is 4.38. The maximum absolute atomic E-state index is 6.90. The summed E-state index contributed by atoms with van der Waals surface area (Å²) in [6.07, 6.45) is 4.95. The Hall–Kier alpha value is -4.10. The molecule has 0 radical (unpaired) electrons. The lowest BCUT2D eigenvalue weighted by Gasteiger charge is -2.40. The third kappa shape index (κ3) is 2.75. The van der Waals surface area contributed by atoms with Crippen LogP contribution in [0.3, 0.4) is 0 Å². The predicted octanol–water partition coefficient (Wildman–Crippen LogP) is 9.01. The van der Waals surface area contributed by atoms with Crippen LogP contribution >= 0.6 is 0 Å². The first-order valence-electron chi connectivity index (χ1n) is 13.5. The van der Waals surface area contributed by atoms with Crippen molar-refractivity contribution in [3.05, 3.63) is 142 Å². The molecule has 0 N–H and O–H groups in total. The normalized spacial score (nSPS) is 15.7. The van der Waals surface area contributed by atoms with Crippen LogP contribution in [0.1, 0.15) is 51.8 Å². The third-order valence-electron chi connectivity index (χ3n) is 8.86. The van der Waals surface area contributed by atoms with Gasteiger partial charge in [0.2, 0.25) is 0 Å². The molecule has 1 heterocycles. The number of para-hydroxylation sites is 1. The van der Waals surface area contributed by atoms with Crippen LogP contribution in [0, 0.1) is 6.92 Å². The standard InChI is InChI=1S/C36H28O/c1-23-18-21-32-35(34(23)26-20-19-24-10-2-3-11-25(24)22-26)37-33-17-9-8-16-31(33)36(32)29-14-6-4-12-27(29)28-13-5-7-15-30(28)36/h4-9,12-22H,2-3,10-11H2,1H3. The Morgan fingerprint density at radius 3 is 2.00 bits per heavy atom. The highest BCUT2D eigenvalue weighted by Crippen LogP contribution is 2.63. The van der Waals surface area contributed by atoms with Crippen molar-refractivity contribution < 1.29 is 4.74 Å². The average Bonchev–Trinajstić information content (AvgIpc) is 3.24. The third-order valence-corrected chi connectivity index (χ3v) is 8.86. The van der Waals surface area contributed by atoms with Gasteiger partial charge in [-0.2, -0.15) is 0 Å². The van der Waals surface area contributed by atoms with E-state index in [0.717, 1.165) is 11.5 Å². The van der Waals surface area contributed by atoms with Gasteiger partial charge >= 0.3 is 0 Å². The summed E-state index contributed by atoms with van der Waals surface area (Å²) in [4.78, 5) is 0. The van der Waals surface area contributed by atoms with Gasteiger partial charge in [0.15, 0.2) is 0 Å². The van der Waals surface area contributed by atoms with Gasteiger partial charge in [-0.25, -0.2) is 0 Å². The van der Waals surface area contributed by atoms with E-state index in [1.807, 2.05) is 0 Å². The molecule has 37 heavy (non-hydrogen) atoms. The summed E-state index contributed by atoms with van der Waals surface area (Å²) in [5.74, 6) is 1.95. The minimum Gasteiger partial charge on any atom is -0.456 e. The molecule has 0 atom stereocenters. The molecular weight excluding hydrogens is 448 g/mol. The number of aryl methyl sites for hydroxylation is 3.